The molecule has 1 aliphatic rings. The number of nitrogens with zero attached hydrogens (tertiary/aromatic N) is 5. The van der Waals surface area contributed by atoms with E-state index in [-0.39, 0.29) is 17.0 Å². The molecule has 1 aliphatic carbocycles. The van der Waals surface area contributed by atoms with Crippen LogP contribution in [0.3, 0.4) is 0 Å². The molecule has 0 N–H and O–H groups in total. The maximum atomic E-state index is 13.8. The third-order valence-electron chi connectivity index (χ3n) is 6.63. The van der Waals surface area contributed by atoms with Crippen molar-refractivity contribution >= 4 is 11.3 Å². The molecule has 0 bridgehead atoms. The number of benzene rings is 1. The number of halogens is 3. The maximum absolute atomic E-state index is 13.8. The molecular formula is C24H22F3N5O2. The topological polar surface area (TPSA) is 74.2 Å². The molecule has 10 heteroatoms. The molecule has 0 amide bonds. The molecule has 34 heavy (non-hydrogen) atoms. The highest BCUT2D eigenvalue weighted by Gasteiger charge is 2.35. The smallest absolute Gasteiger partial charge is 0.320 e. The van der Waals surface area contributed by atoms with Crippen LogP contribution in [0, 0.1) is 5.92 Å². The molecule has 4 aromatic rings. The van der Waals surface area contributed by atoms with Gasteiger partial charge in [-0.1, -0.05) is 18.6 Å². The second-order valence-electron chi connectivity index (χ2n) is 8.80. The lowest BCUT2D eigenvalue weighted by atomic mass is 9.72. The lowest BCUT2D eigenvalue weighted by molar-refractivity contribution is -0.136. The zero-order valence-corrected chi connectivity index (χ0v) is 18.6. The van der Waals surface area contributed by atoms with Crippen LogP contribution < -0.4 is 5.69 Å². The average molecular weight is 469 g/mol. The summed E-state index contributed by atoms with van der Waals surface area (Å²) < 4.78 is 45.2. The number of hydrogen-bond acceptors (Lipinski definition) is 4. The largest absolute Gasteiger partial charge is 0.418 e. The summed E-state index contributed by atoms with van der Waals surface area (Å²) in [6.07, 6.45) is 2.46. The van der Waals surface area contributed by atoms with Crippen LogP contribution in [0.15, 0.2) is 53.8 Å². The van der Waals surface area contributed by atoms with Gasteiger partial charge in [-0.25, -0.2) is 4.79 Å². The Bertz CT molecular complexity index is 1460. The van der Waals surface area contributed by atoms with Crippen molar-refractivity contribution in [1.29, 1.82) is 0 Å². The minimum absolute atomic E-state index is 0.0380. The van der Waals surface area contributed by atoms with Crippen LogP contribution in [0.4, 0.5) is 13.2 Å². The van der Waals surface area contributed by atoms with Crippen molar-refractivity contribution < 1.29 is 18.0 Å². The third kappa shape index (κ3) is 3.63. The van der Waals surface area contributed by atoms with Crippen LogP contribution in [0.25, 0.3) is 11.2 Å². The predicted molar refractivity (Wildman–Crippen MR) is 118 cm³/mol. The van der Waals surface area contributed by atoms with Gasteiger partial charge in [0.05, 0.1) is 16.8 Å². The molecule has 3 aromatic heterocycles. The SMILES string of the molecule is CC(=O)c1cc(C(F)(F)F)c2cn(-c3cccc(C(c4nncn4C)C4CCC4)c3)c(=O)n2c1. The second-order valence-corrected chi connectivity index (χ2v) is 8.80. The van der Waals surface area contributed by atoms with E-state index in [1.807, 2.05) is 23.7 Å². The van der Waals surface area contributed by atoms with E-state index >= 15 is 0 Å². The summed E-state index contributed by atoms with van der Waals surface area (Å²) in [4.78, 5) is 25.0. The Morgan fingerprint density at radius 2 is 1.94 bits per heavy atom. The van der Waals surface area contributed by atoms with Gasteiger partial charge in [-0.15, -0.1) is 10.2 Å². The highest BCUT2D eigenvalue weighted by atomic mass is 19.4. The molecule has 1 fully saturated rings. The first-order valence-electron chi connectivity index (χ1n) is 11.0. The summed E-state index contributed by atoms with van der Waals surface area (Å²) in [5.74, 6) is 0.588. The molecule has 3 heterocycles. The molecule has 0 spiro atoms. The van der Waals surface area contributed by atoms with Gasteiger partial charge < -0.3 is 4.57 Å². The van der Waals surface area contributed by atoms with E-state index in [1.165, 1.54) is 17.7 Å². The monoisotopic (exact) mass is 469 g/mol. The van der Waals surface area contributed by atoms with Crippen molar-refractivity contribution in [2.24, 2.45) is 13.0 Å². The standard InChI is InChI=1S/C24H22F3N5O2/c1-14(33)17-10-19(24(25,26)27)20-12-31(23(34)32(20)11-17)18-8-4-7-16(9-18)21(15-5-3-6-15)22-29-28-13-30(22)2/h4,7-13,15,21H,3,5-6H2,1-2H3. The Morgan fingerprint density at radius 1 is 1.18 bits per heavy atom. The Labute approximate surface area is 192 Å². The summed E-state index contributed by atoms with van der Waals surface area (Å²) in [6, 6.07) is 8.01. The minimum Gasteiger partial charge on any atom is -0.320 e. The molecule has 1 unspecified atom stereocenters. The number of aromatic nitrogens is 5. The van der Waals surface area contributed by atoms with Crippen LogP contribution >= 0.6 is 0 Å². The van der Waals surface area contributed by atoms with Crippen molar-refractivity contribution in [1.82, 2.24) is 23.7 Å². The van der Waals surface area contributed by atoms with Crippen molar-refractivity contribution in [2.75, 3.05) is 0 Å². The fraction of sp³-hybridized carbons (Fsp3) is 0.333. The maximum Gasteiger partial charge on any atom is 0.418 e. The van der Waals surface area contributed by atoms with E-state index in [0.717, 1.165) is 47.3 Å². The van der Waals surface area contributed by atoms with Crippen molar-refractivity contribution in [3.8, 4) is 5.69 Å². The number of Topliss-reactive ketones (excluding diaryl/α,β-unsaturated/α-hetero) is 1. The quantitative estimate of drug-likeness (QED) is 0.407. The van der Waals surface area contributed by atoms with Crippen molar-refractivity contribution in [3.63, 3.8) is 0 Å². The zero-order valence-electron chi connectivity index (χ0n) is 18.6. The van der Waals surface area contributed by atoms with Gasteiger partial charge in [-0.3, -0.25) is 13.8 Å². The van der Waals surface area contributed by atoms with Gasteiger partial charge in [0.15, 0.2) is 5.78 Å². The van der Waals surface area contributed by atoms with Gasteiger partial charge in [0.2, 0.25) is 0 Å². The molecule has 176 valence electrons. The van der Waals surface area contributed by atoms with Crippen LogP contribution in [-0.2, 0) is 13.2 Å². The van der Waals surface area contributed by atoms with Crippen molar-refractivity contribution in [2.45, 2.75) is 38.3 Å². The average Bonchev–Trinajstić information content (AvgIpc) is 3.32. The van der Waals surface area contributed by atoms with Crippen LogP contribution in [-0.4, -0.2) is 29.5 Å². The van der Waals surface area contributed by atoms with Gasteiger partial charge >= 0.3 is 11.9 Å². The normalized spacial score (nSPS) is 15.4. The molecule has 0 radical (unpaired) electrons. The van der Waals surface area contributed by atoms with Crippen LogP contribution in [0.5, 0.6) is 0 Å². The molecular weight excluding hydrogens is 447 g/mol. The number of hydrogen-bond donors (Lipinski definition) is 0. The number of ketones is 1. The molecule has 5 rings (SSSR count). The van der Waals surface area contributed by atoms with E-state index in [0.29, 0.717) is 11.6 Å². The number of pyridine rings is 1. The van der Waals surface area contributed by atoms with E-state index in [1.54, 1.807) is 18.5 Å². The van der Waals surface area contributed by atoms with Gasteiger partial charge in [-0.2, -0.15) is 13.2 Å². The third-order valence-corrected chi connectivity index (χ3v) is 6.63. The number of carbonyl (C=O) groups is 1. The van der Waals surface area contributed by atoms with E-state index in [9.17, 15) is 22.8 Å². The van der Waals surface area contributed by atoms with E-state index in [2.05, 4.69) is 10.2 Å². The highest BCUT2D eigenvalue weighted by Crippen LogP contribution is 2.43. The van der Waals surface area contributed by atoms with Crippen molar-refractivity contribution in [3.05, 3.63) is 82.1 Å². The first-order chi connectivity index (χ1) is 16.1. The number of alkyl halides is 3. The number of fused-ring (bicyclic) bond motifs is 1. The van der Waals surface area contributed by atoms with Gasteiger partial charge in [0.1, 0.15) is 12.2 Å². The van der Waals surface area contributed by atoms with Gasteiger partial charge in [0, 0.05) is 30.9 Å². The molecule has 1 aromatic carbocycles. The van der Waals surface area contributed by atoms with Gasteiger partial charge in [-0.05, 0) is 49.4 Å². The number of aryl methyl sites for hydroxylation is 1. The summed E-state index contributed by atoms with van der Waals surface area (Å²) in [6.45, 7) is 1.17. The first kappa shape index (κ1) is 22.1. The predicted octanol–water partition coefficient (Wildman–Crippen LogP) is 4.37. The summed E-state index contributed by atoms with van der Waals surface area (Å²) in [7, 11) is 1.88. The molecule has 1 atom stereocenters. The summed E-state index contributed by atoms with van der Waals surface area (Å²) >= 11 is 0. The van der Waals surface area contributed by atoms with Crippen LogP contribution in [0.1, 0.15) is 59.4 Å². The Hall–Kier alpha value is -3.69. The Kier molecular flexibility index (Phi) is 5.18. The highest BCUT2D eigenvalue weighted by molar-refractivity contribution is 5.94. The molecule has 1 saturated carbocycles. The van der Waals surface area contributed by atoms with E-state index < -0.39 is 23.2 Å². The summed E-state index contributed by atoms with van der Waals surface area (Å²) in [5, 5.41) is 8.31. The number of imidazole rings is 1. The molecule has 0 saturated heterocycles. The lowest BCUT2D eigenvalue weighted by Crippen LogP contribution is -2.24. The number of rotatable bonds is 5. The first-order valence-corrected chi connectivity index (χ1v) is 11.0. The van der Waals surface area contributed by atoms with Crippen LogP contribution in [0.2, 0.25) is 0 Å². The van der Waals surface area contributed by atoms with Gasteiger partial charge in [0.25, 0.3) is 0 Å². The fourth-order valence-electron chi connectivity index (χ4n) is 4.64. The second kappa shape index (κ2) is 7.96. The Morgan fingerprint density at radius 3 is 2.53 bits per heavy atom. The summed E-state index contributed by atoms with van der Waals surface area (Å²) in [5.41, 5.74) is -0.841. The Balaban J connectivity index is 1.67. The lowest BCUT2D eigenvalue weighted by Gasteiger charge is -2.33. The minimum atomic E-state index is -4.72. The fourth-order valence-corrected chi connectivity index (χ4v) is 4.64. The molecule has 7 nitrogen and oxygen atoms in total. The molecule has 0 aliphatic heterocycles. The zero-order chi connectivity index (χ0) is 24.2. The van der Waals surface area contributed by atoms with E-state index in [4.69, 9.17) is 0 Å². The number of carbonyl (C=O) groups excluding carboxylic acids is 1.